The van der Waals surface area contributed by atoms with Crippen LogP contribution in [0.25, 0.3) is 0 Å². The number of nitrogens with zero attached hydrogens (tertiary/aromatic N) is 3. The molecular formula is C23H25FN4OS. The maximum atomic E-state index is 13.2. The van der Waals surface area contributed by atoms with Crippen LogP contribution in [0, 0.1) is 5.82 Å². The Bertz CT molecular complexity index is 941. The van der Waals surface area contributed by atoms with Crippen molar-refractivity contribution in [2.45, 2.75) is 19.0 Å². The predicted molar refractivity (Wildman–Crippen MR) is 118 cm³/mol. The molecule has 2 atom stereocenters. The van der Waals surface area contributed by atoms with Gasteiger partial charge in [0.25, 0.3) is 5.91 Å². The number of thiophene rings is 1. The molecule has 1 aliphatic heterocycles. The summed E-state index contributed by atoms with van der Waals surface area (Å²) in [5.74, 6) is -0.324. The number of carbonyl (C=O) groups excluding carboxylic acids is 1. The van der Waals surface area contributed by atoms with Gasteiger partial charge in [-0.1, -0.05) is 6.07 Å². The summed E-state index contributed by atoms with van der Waals surface area (Å²) in [6, 6.07) is 14.4. The standard InChI is InChI=1S/C23H25FN4OS/c1-17(26-23(29)18-4-2-10-25-16-18)22(21-5-3-15-30-21)28-13-11-27(12-14-28)20-8-6-19(24)7-9-20/h2-10,15-17,22H,11-14H2,1H3,(H,26,29). The number of pyridine rings is 1. The van der Waals surface area contributed by atoms with Crippen molar-refractivity contribution in [3.63, 3.8) is 0 Å². The first-order chi connectivity index (χ1) is 14.6. The first-order valence-corrected chi connectivity index (χ1v) is 11.0. The minimum absolute atomic E-state index is 0.0614. The maximum Gasteiger partial charge on any atom is 0.253 e. The highest BCUT2D eigenvalue weighted by Crippen LogP contribution is 2.30. The molecule has 0 aliphatic carbocycles. The second-order valence-corrected chi connectivity index (χ2v) is 8.44. The number of benzene rings is 1. The van der Waals surface area contributed by atoms with Crippen molar-refractivity contribution in [1.82, 2.24) is 15.2 Å². The van der Waals surface area contributed by atoms with E-state index < -0.39 is 0 Å². The highest BCUT2D eigenvalue weighted by molar-refractivity contribution is 7.10. The normalized spacial score (nSPS) is 16.8. The van der Waals surface area contributed by atoms with Crippen molar-refractivity contribution >= 4 is 22.9 Å². The van der Waals surface area contributed by atoms with E-state index in [-0.39, 0.29) is 23.8 Å². The number of piperazine rings is 1. The van der Waals surface area contributed by atoms with Crippen LogP contribution in [0.1, 0.15) is 28.2 Å². The maximum absolute atomic E-state index is 13.2. The van der Waals surface area contributed by atoms with Gasteiger partial charge in [0.2, 0.25) is 0 Å². The van der Waals surface area contributed by atoms with Crippen molar-refractivity contribution in [2.75, 3.05) is 31.1 Å². The summed E-state index contributed by atoms with van der Waals surface area (Å²) in [7, 11) is 0. The summed E-state index contributed by atoms with van der Waals surface area (Å²) in [4.78, 5) is 22.7. The molecule has 0 spiro atoms. The second kappa shape index (κ2) is 9.36. The first kappa shape index (κ1) is 20.5. The fourth-order valence-corrected chi connectivity index (χ4v) is 4.94. The van der Waals surface area contributed by atoms with Crippen LogP contribution < -0.4 is 10.2 Å². The lowest BCUT2D eigenvalue weighted by Gasteiger charge is -2.42. The third kappa shape index (κ3) is 4.68. The van der Waals surface area contributed by atoms with Crippen molar-refractivity contribution < 1.29 is 9.18 Å². The van der Waals surface area contributed by atoms with Crippen LogP contribution in [-0.2, 0) is 0 Å². The van der Waals surface area contributed by atoms with Gasteiger partial charge < -0.3 is 10.2 Å². The van der Waals surface area contributed by atoms with Crippen molar-refractivity contribution in [3.8, 4) is 0 Å². The Kier molecular flexibility index (Phi) is 6.40. The fraction of sp³-hybridized carbons (Fsp3) is 0.304. The summed E-state index contributed by atoms with van der Waals surface area (Å²) in [5, 5.41) is 5.24. The zero-order valence-electron chi connectivity index (χ0n) is 16.9. The molecule has 156 valence electrons. The minimum Gasteiger partial charge on any atom is -0.369 e. The van der Waals surface area contributed by atoms with Crippen LogP contribution in [0.2, 0.25) is 0 Å². The van der Waals surface area contributed by atoms with Gasteiger partial charge in [0, 0.05) is 55.2 Å². The van der Waals surface area contributed by atoms with Gasteiger partial charge in [-0.25, -0.2) is 4.39 Å². The third-order valence-corrected chi connectivity index (χ3v) is 6.43. The Labute approximate surface area is 180 Å². The van der Waals surface area contributed by atoms with Gasteiger partial charge in [0.05, 0.1) is 11.6 Å². The molecule has 2 aromatic heterocycles. The molecule has 3 heterocycles. The Morgan fingerprint density at radius 3 is 2.50 bits per heavy atom. The van der Waals surface area contributed by atoms with E-state index in [9.17, 15) is 9.18 Å². The lowest BCUT2D eigenvalue weighted by atomic mass is 10.0. The van der Waals surface area contributed by atoms with Gasteiger partial charge in [-0.3, -0.25) is 14.7 Å². The van der Waals surface area contributed by atoms with Crippen molar-refractivity contribution in [1.29, 1.82) is 0 Å². The SMILES string of the molecule is CC(NC(=O)c1cccnc1)C(c1cccs1)N1CCN(c2ccc(F)cc2)CC1. The van der Waals surface area contributed by atoms with Crippen LogP contribution in [0.4, 0.5) is 10.1 Å². The highest BCUT2D eigenvalue weighted by Gasteiger charge is 2.31. The number of amides is 1. The van der Waals surface area contributed by atoms with E-state index in [4.69, 9.17) is 0 Å². The topological polar surface area (TPSA) is 48.5 Å². The Morgan fingerprint density at radius 1 is 1.10 bits per heavy atom. The van der Waals surface area contributed by atoms with Crippen LogP contribution in [-0.4, -0.2) is 48.0 Å². The summed E-state index contributed by atoms with van der Waals surface area (Å²) in [6.07, 6.45) is 3.25. The summed E-state index contributed by atoms with van der Waals surface area (Å²) < 4.78 is 13.2. The van der Waals surface area contributed by atoms with E-state index in [1.54, 1.807) is 35.9 Å². The van der Waals surface area contributed by atoms with E-state index in [2.05, 4.69) is 44.5 Å². The van der Waals surface area contributed by atoms with Gasteiger partial charge in [-0.2, -0.15) is 0 Å². The molecule has 2 unspecified atom stereocenters. The van der Waals surface area contributed by atoms with Gasteiger partial charge in [-0.05, 0) is 54.8 Å². The molecule has 3 aromatic rings. The van der Waals surface area contributed by atoms with E-state index in [1.807, 2.05) is 12.1 Å². The van der Waals surface area contributed by atoms with Gasteiger partial charge in [0.15, 0.2) is 0 Å². The molecule has 30 heavy (non-hydrogen) atoms. The molecule has 4 rings (SSSR count). The number of carbonyl (C=O) groups is 1. The molecule has 0 saturated carbocycles. The van der Waals surface area contributed by atoms with Gasteiger partial charge in [-0.15, -0.1) is 11.3 Å². The van der Waals surface area contributed by atoms with Crippen LogP contribution in [0.5, 0.6) is 0 Å². The average molecular weight is 425 g/mol. The molecule has 0 bridgehead atoms. The lowest BCUT2D eigenvalue weighted by molar-refractivity contribution is 0.0890. The number of anilines is 1. The molecule has 1 amide bonds. The number of nitrogens with one attached hydrogen (secondary N) is 1. The largest absolute Gasteiger partial charge is 0.369 e. The molecule has 1 aliphatic rings. The molecule has 1 N–H and O–H groups in total. The number of rotatable bonds is 6. The molecule has 0 radical (unpaired) electrons. The average Bonchev–Trinajstić information content (AvgIpc) is 3.30. The van der Waals surface area contributed by atoms with Crippen LogP contribution in [0.15, 0.2) is 66.3 Å². The quantitative estimate of drug-likeness (QED) is 0.651. The van der Waals surface area contributed by atoms with E-state index in [0.29, 0.717) is 5.56 Å². The summed E-state index contributed by atoms with van der Waals surface area (Å²) in [6.45, 7) is 5.51. The smallest absolute Gasteiger partial charge is 0.253 e. The van der Waals surface area contributed by atoms with Gasteiger partial charge >= 0.3 is 0 Å². The molecule has 7 heteroatoms. The van der Waals surface area contributed by atoms with Crippen molar-refractivity contribution in [3.05, 3.63) is 82.6 Å². The highest BCUT2D eigenvalue weighted by atomic mass is 32.1. The minimum atomic E-state index is -0.215. The van der Waals surface area contributed by atoms with Crippen molar-refractivity contribution in [2.24, 2.45) is 0 Å². The van der Waals surface area contributed by atoms with Gasteiger partial charge in [0.1, 0.15) is 5.82 Å². The van der Waals surface area contributed by atoms with E-state index in [1.165, 1.54) is 17.0 Å². The first-order valence-electron chi connectivity index (χ1n) is 10.1. The van der Waals surface area contributed by atoms with Crippen LogP contribution in [0.3, 0.4) is 0 Å². The Morgan fingerprint density at radius 2 is 1.87 bits per heavy atom. The molecule has 1 saturated heterocycles. The number of aromatic nitrogens is 1. The number of halogens is 1. The third-order valence-electron chi connectivity index (χ3n) is 5.49. The Balaban J connectivity index is 1.45. The van der Waals surface area contributed by atoms with E-state index >= 15 is 0 Å². The van der Waals surface area contributed by atoms with E-state index in [0.717, 1.165) is 31.9 Å². The molecule has 1 fully saturated rings. The fourth-order valence-electron chi connectivity index (χ4n) is 3.98. The summed E-state index contributed by atoms with van der Waals surface area (Å²) >= 11 is 1.71. The summed E-state index contributed by atoms with van der Waals surface area (Å²) in [5.41, 5.74) is 1.61. The zero-order chi connectivity index (χ0) is 20.9. The molecular weight excluding hydrogens is 399 g/mol. The monoisotopic (exact) mass is 424 g/mol. The van der Waals surface area contributed by atoms with Crippen LogP contribution >= 0.6 is 11.3 Å². The predicted octanol–water partition coefficient (Wildman–Crippen LogP) is 3.96. The lowest BCUT2D eigenvalue weighted by Crippen LogP contribution is -2.52. The molecule has 1 aromatic carbocycles. The zero-order valence-corrected chi connectivity index (χ0v) is 17.7. The Hall–Kier alpha value is -2.77. The second-order valence-electron chi connectivity index (χ2n) is 7.46. The number of hydrogen-bond donors (Lipinski definition) is 1. The number of hydrogen-bond acceptors (Lipinski definition) is 5. The molecule has 5 nitrogen and oxygen atoms in total.